The quantitative estimate of drug-likeness (QED) is 0.812. The largest absolute Gasteiger partial charge is 0.481 e. The molecule has 1 aliphatic rings. The molecule has 1 fully saturated rings. The highest BCUT2D eigenvalue weighted by Gasteiger charge is 2.45. The Morgan fingerprint density at radius 2 is 2.35 bits per heavy atom. The number of carboxylic acids is 1. The van der Waals surface area contributed by atoms with Crippen molar-refractivity contribution >= 4 is 5.97 Å². The minimum absolute atomic E-state index is 0.240. The van der Waals surface area contributed by atoms with E-state index in [1.54, 1.807) is 11.8 Å². The summed E-state index contributed by atoms with van der Waals surface area (Å²) in [5.74, 6) is -0.199. The van der Waals surface area contributed by atoms with Crippen LogP contribution in [-0.2, 0) is 16.1 Å². The molecule has 0 aromatic carbocycles. The van der Waals surface area contributed by atoms with E-state index in [-0.39, 0.29) is 6.10 Å². The number of carbonyl (C=O) groups is 1. The van der Waals surface area contributed by atoms with Crippen molar-refractivity contribution in [3.05, 3.63) is 5.82 Å². The third-order valence-electron chi connectivity index (χ3n) is 3.49. The Labute approximate surface area is 98.8 Å². The maximum Gasteiger partial charge on any atom is 0.311 e. The van der Waals surface area contributed by atoms with Crippen LogP contribution in [-0.4, -0.2) is 38.4 Å². The van der Waals surface area contributed by atoms with E-state index in [2.05, 4.69) is 15.5 Å². The van der Waals surface area contributed by atoms with Gasteiger partial charge in [-0.2, -0.15) is 0 Å². The first-order chi connectivity index (χ1) is 8.09. The lowest BCUT2D eigenvalue weighted by molar-refractivity contribution is -0.156. The van der Waals surface area contributed by atoms with Gasteiger partial charge in [-0.15, -0.1) is 5.10 Å². The predicted molar refractivity (Wildman–Crippen MR) is 57.2 cm³/mol. The van der Waals surface area contributed by atoms with Gasteiger partial charge in [-0.25, -0.2) is 4.68 Å². The van der Waals surface area contributed by atoms with E-state index in [1.807, 2.05) is 6.92 Å². The van der Waals surface area contributed by atoms with Crippen LogP contribution in [0.4, 0.5) is 0 Å². The lowest BCUT2D eigenvalue weighted by atomic mass is 9.69. The topological polar surface area (TPSA) is 90.1 Å². The molecule has 0 aliphatic heterocycles. The number of aromatic nitrogens is 4. The molecule has 0 bridgehead atoms. The number of ether oxygens (including phenoxy) is 1. The van der Waals surface area contributed by atoms with Gasteiger partial charge in [-0.1, -0.05) is 6.42 Å². The van der Waals surface area contributed by atoms with Gasteiger partial charge in [0.25, 0.3) is 0 Å². The van der Waals surface area contributed by atoms with Crippen molar-refractivity contribution in [2.75, 3.05) is 7.11 Å². The van der Waals surface area contributed by atoms with E-state index in [0.717, 1.165) is 6.42 Å². The Balaban J connectivity index is 2.18. The van der Waals surface area contributed by atoms with Gasteiger partial charge in [0.1, 0.15) is 6.10 Å². The van der Waals surface area contributed by atoms with Crippen molar-refractivity contribution in [1.82, 2.24) is 20.2 Å². The summed E-state index contributed by atoms with van der Waals surface area (Å²) < 4.78 is 6.69. The van der Waals surface area contributed by atoms with Crippen LogP contribution in [0.2, 0.25) is 0 Å². The molecular weight excluding hydrogens is 224 g/mol. The molecule has 1 aromatic heterocycles. The van der Waals surface area contributed by atoms with Crippen molar-refractivity contribution in [2.24, 2.45) is 5.41 Å². The summed E-state index contributed by atoms with van der Waals surface area (Å²) in [4.78, 5) is 11.3. The average molecular weight is 240 g/mol. The second kappa shape index (κ2) is 4.40. The lowest BCUT2D eigenvalue weighted by Crippen LogP contribution is -2.42. The van der Waals surface area contributed by atoms with Crippen molar-refractivity contribution in [3.8, 4) is 0 Å². The van der Waals surface area contributed by atoms with E-state index >= 15 is 0 Å². The van der Waals surface area contributed by atoms with Gasteiger partial charge in [0.05, 0.1) is 12.0 Å². The molecule has 1 aromatic rings. The fourth-order valence-corrected chi connectivity index (χ4v) is 2.05. The summed E-state index contributed by atoms with van der Waals surface area (Å²) in [6.45, 7) is 2.15. The van der Waals surface area contributed by atoms with Gasteiger partial charge in [0, 0.05) is 7.11 Å². The number of tetrazole rings is 1. The van der Waals surface area contributed by atoms with E-state index in [9.17, 15) is 9.90 Å². The SMILES string of the molecule is COC(C)c1nnnn1CC1(C(=O)O)CCC1. The molecule has 17 heavy (non-hydrogen) atoms. The Hall–Kier alpha value is -1.50. The minimum atomic E-state index is -0.768. The van der Waals surface area contributed by atoms with Crippen LogP contribution in [0.1, 0.15) is 38.1 Å². The molecule has 1 saturated carbocycles. The van der Waals surface area contributed by atoms with Crippen LogP contribution in [0.15, 0.2) is 0 Å². The third-order valence-corrected chi connectivity index (χ3v) is 3.49. The number of aliphatic carboxylic acids is 1. The first-order valence-corrected chi connectivity index (χ1v) is 5.61. The molecule has 0 amide bonds. The summed E-state index contributed by atoms with van der Waals surface area (Å²) in [5.41, 5.74) is -0.697. The van der Waals surface area contributed by atoms with E-state index in [4.69, 9.17) is 4.74 Å². The zero-order valence-corrected chi connectivity index (χ0v) is 9.96. The van der Waals surface area contributed by atoms with Gasteiger partial charge >= 0.3 is 5.97 Å². The highest BCUT2D eigenvalue weighted by molar-refractivity contribution is 5.75. The zero-order valence-electron chi connectivity index (χ0n) is 9.96. The van der Waals surface area contributed by atoms with Gasteiger partial charge in [-0.3, -0.25) is 4.79 Å². The van der Waals surface area contributed by atoms with Crippen LogP contribution in [0, 0.1) is 5.41 Å². The van der Waals surface area contributed by atoms with Crippen LogP contribution >= 0.6 is 0 Å². The summed E-state index contributed by atoms with van der Waals surface area (Å²) in [6, 6.07) is 0. The standard InChI is InChI=1S/C10H16N4O3/c1-7(17-2)8-11-12-13-14(8)6-10(9(15)16)4-3-5-10/h7H,3-6H2,1-2H3,(H,15,16). The first kappa shape index (κ1) is 12.0. The molecule has 2 rings (SSSR count). The van der Waals surface area contributed by atoms with E-state index < -0.39 is 11.4 Å². The number of nitrogens with zero attached hydrogens (tertiary/aromatic N) is 4. The minimum Gasteiger partial charge on any atom is -0.481 e. The van der Waals surface area contributed by atoms with Gasteiger partial charge in [0.2, 0.25) is 0 Å². The zero-order chi connectivity index (χ0) is 12.5. The molecule has 7 heteroatoms. The third kappa shape index (κ3) is 2.02. The molecule has 94 valence electrons. The second-order valence-electron chi connectivity index (χ2n) is 4.51. The summed E-state index contributed by atoms with van der Waals surface area (Å²) in [5, 5.41) is 20.6. The van der Waals surface area contributed by atoms with Crippen LogP contribution in [0.25, 0.3) is 0 Å². The second-order valence-corrected chi connectivity index (χ2v) is 4.51. The fourth-order valence-electron chi connectivity index (χ4n) is 2.05. The molecule has 7 nitrogen and oxygen atoms in total. The van der Waals surface area contributed by atoms with Crippen molar-refractivity contribution in [1.29, 1.82) is 0 Å². The maximum atomic E-state index is 11.3. The van der Waals surface area contributed by atoms with Crippen molar-refractivity contribution in [3.63, 3.8) is 0 Å². The first-order valence-electron chi connectivity index (χ1n) is 5.61. The Bertz CT molecular complexity index is 413. The molecule has 1 atom stereocenters. The molecule has 0 saturated heterocycles. The van der Waals surface area contributed by atoms with Crippen LogP contribution < -0.4 is 0 Å². The maximum absolute atomic E-state index is 11.3. The lowest BCUT2D eigenvalue weighted by Gasteiger charge is -2.37. The summed E-state index contributed by atoms with van der Waals surface area (Å²) >= 11 is 0. The Morgan fingerprint density at radius 1 is 1.65 bits per heavy atom. The highest BCUT2D eigenvalue weighted by Crippen LogP contribution is 2.42. The van der Waals surface area contributed by atoms with Gasteiger partial charge in [0.15, 0.2) is 5.82 Å². The van der Waals surface area contributed by atoms with Gasteiger partial charge in [-0.05, 0) is 30.2 Å². The van der Waals surface area contributed by atoms with E-state index in [0.29, 0.717) is 25.2 Å². The monoisotopic (exact) mass is 240 g/mol. The Kier molecular flexibility index (Phi) is 3.10. The molecule has 1 aliphatic carbocycles. The summed E-state index contributed by atoms with van der Waals surface area (Å²) in [6.07, 6.45) is 2.08. The van der Waals surface area contributed by atoms with Gasteiger partial charge < -0.3 is 9.84 Å². The fraction of sp³-hybridized carbons (Fsp3) is 0.800. The Morgan fingerprint density at radius 3 is 2.82 bits per heavy atom. The molecule has 1 heterocycles. The highest BCUT2D eigenvalue weighted by atomic mass is 16.5. The van der Waals surface area contributed by atoms with E-state index in [1.165, 1.54) is 0 Å². The van der Waals surface area contributed by atoms with Crippen LogP contribution in [0.5, 0.6) is 0 Å². The molecule has 0 radical (unpaired) electrons. The summed E-state index contributed by atoms with van der Waals surface area (Å²) in [7, 11) is 1.57. The number of carboxylic acid groups (broad SMARTS) is 1. The predicted octanol–water partition coefficient (Wildman–Crippen LogP) is 0.635. The molecular formula is C10H16N4O3. The molecule has 1 unspecified atom stereocenters. The van der Waals surface area contributed by atoms with Crippen molar-refractivity contribution < 1.29 is 14.6 Å². The van der Waals surface area contributed by atoms with Crippen molar-refractivity contribution in [2.45, 2.75) is 38.8 Å². The number of hydrogen-bond donors (Lipinski definition) is 1. The smallest absolute Gasteiger partial charge is 0.311 e. The van der Waals surface area contributed by atoms with Crippen LogP contribution in [0.3, 0.4) is 0 Å². The molecule has 0 spiro atoms. The average Bonchev–Trinajstić information content (AvgIpc) is 2.69. The normalized spacial score (nSPS) is 19.6. The number of hydrogen-bond acceptors (Lipinski definition) is 5. The number of rotatable bonds is 5. The number of methoxy groups -OCH3 is 1. The molecule has 1 N–H and O–H groups in total.